The Labute approximate surface area is 195 Å². The number of nitrogens with zero attached hydrogens (tertiary/aromatic N) is 3. The van der Waals surface area contributed by atoms with Gasteiger partial charge in [-0.2, -0.15) is 0 Å². The predicted molar refractivity (Wildman–Crippen MR) is 126 cm³/mol. The molecule has 32 heavy (non-hydrogen) atoms. The molecule has 3 rings (SSSR count). The molecule has 1 aromatic heterocycles. The van der Waals surface area contributed by atoms with Crippen molar-refractivity contribution in [1.29, 1.82) is 0 Å². The van der Waals surface area contributed by atoms with Gasteiger partial charge in [-0.25, -0.2) is 9.37 Å². The van der Waals surface area contributed by atoms with Gasteiger partial charge in [0, 0.05) is 43.9 Å². The first-order chi connectivity index (χ1) is 15.4. The number of thioether (sulfide) groups is 1. The fourth-order valence-electron chi connectivity index (χ4n) is 3.16. The lowest BCUT2D eigenvalue weighted by Crippen LogP contribution is -2.29. The number of carbonyl (C=O) groups excluding carboxylic acids is 1. The van der Waals surface area contributed by atoms with Crippen molar-refractivity contribution in [2.75, 3.05) is 26.0 Å². The maximum atomic E-state index is 13.9. The smallest absolute Gasteiger partial charge is 0.262 e. The summed E-state index contributed by atoms with van der Waals surface area (Å²) in [6, 6.07) is 11.3. The fraction of sp³-hybridized carbons (Fsp3) is 0.348. The fourth-order valence-corrected chi connectivity index (χ4v) is 4.29. The van der Waals surface area contributed by atoms with Gasteiger partial charge in [0.1, 0.15) is 5.82 Å². The van der Waals surface area contributed by atoms with E-state index in [1.54, 1.807) is 48.0 Å². The second-order valence-electron chi connectivity index (χ2n) is 7.19. The third-order valence-electron chi connectivity index (χ3n) is 4.87. The predicted octanol–water partition coefficient (Wildman–Crippen LogP) is 4.37. The van der Waals surface area contributed by atoms with Gasteiger partial charge in [0.25, 0.3) is 5.56 Å². The molecule has 1 amide bonds. The zero-order chi connectivity index (χ0) is 23.1. The molecule has 0 bridgehead atoms. The first-order valence-electron chi connectivity index (χ1n) is 10.3. The highest BCUT2D eigenvalue weighted by atomic mass is 35.5. The quantitative estimate of drug-likeness (QED) is 0.246. The number of hydrogen-bond donors (Lipinski definition) is 0. The molecule has 0 N–H and O–H groups in total. The molecule has 0 aliphatic carbocycles. The molecule has 0 spiro atoms. The molecule has 9 heteroatoms. The van der Waals surface area contributed by atoms with E-state index in [-0.39, 0.29) is 29.6 Å². The number of carbonyl (C=O) groups is 1. The van der Waals surface area contributed by atoms with Crippen molar-refractivity contribution in [3.05, 3.63) is 69.2 Å². The van der Waals surface area contributed by atoms with Crippen LogP contribution < -0.4 is 5.56 Å². The lowest BCUT2D eigenvalue weighted by molar-refractivity contribution is -0.127. The highest BCUT2D eigenvalue weighted by molar-refractivity contribution is 7.99. The Bertz CT molecular complexity index is 1160. The van der Waals surface area contributed by atoms with E-state index in [2.05, 4.69) is 4.98 Å². The van der Waals surface area contributed by atoms with Crippen molar-refractivity contribution >= 4 is 40.2 Å². The lowest BCUT2D eigenvalue weighted by atomic mass is 10.2. The minimum atomic E-state index is -0.351. The second kappa shape index (κ2) is 11.4. The van der Waals surface area contributed by atoms with E-state index < -0.39 is 0 Å². The topological polar surface area (TPSA) is 64.4 Å². The number of ether oxygens (including phenoxy) is 1. The Kier molecular flexibility index (Phi) is 8.67. The first kappa shape index (κ1) is 24.2. The Morgan fingerprint density at radius 3 is 2.81 bits per heavy atom. The van der Waals surface area contributed by atoms with Crippen molar-refractivity contribution in [3.8, 4) is 0 Å². The molecule has 0 saturated carbocycles. The SMILES string of the molecule is CCOCCCn1c(SCC(=O)N(C)Cc2ccccc2F)nc2cc(Cl)ccc2c1=O. The monoisotopic (exact) mass is 477 g/mol. The summed E-state index contributed by atoms with van der Waals surface area (Å²) < 4.78 is 20.9. The van der Waals surface area contributed by atoms with Gasteiger partial charge in [-0.15, -0.1) is 0 Å². The molecule has 0 atom stereocenters. The molecule has 0 aliphatic rings. The molecule has 170 valence electrons. The molecule has 0 unspecified atom stereocenters. The van der Waals surface area contributed by atoms with E-state index in [1.807, 2.05) is 6.92 Å². The van der Waals surface area contributed by atoms with E-state index >= 15 is 0 Å². The summed E-state index contributed by atoms with van der Waals surface area (Å²) in [4.78, 5) is 31.8. The molecule has 0 saturated heterocycles. The zero-order valence-corrected chi connectivity index (χ0v) is 19.6. The Hall–Kier alpha value is -2.42. The molecule has 2 aromatic carbocycles. The summed E-state index contributed by atoms with van der Waals surface area (Å²) in [6.45, 7) is 3.63. The van der Waals surface area contributed by atoms with Gasteiger partial charge >= 0.3 is 0 Å². The summed E-state index contributed by atoms with van der Waals surface area (Å²) in [5.41, 5.74) is 0.746. The first-order valence-corrected chi connectivity index (χ1v) is 11.6. The number of amides is 1. The van der Waals surface area contributed by atoms with Crippen LogP contribution >= 0.6 is 23.4 Å². The van der Waals surface area contributed by atoms with Crippen LogP contribution in [0.5, 0.6) is 0 Å². The Morgan fingerprint density at radius 1 is 1.28 bits per heavy atom. The largest absolute Gasteiger partial charge is 0.382 e. The number of fused-ring (bicyclic) bond motifs is 1. The number of halogens is 2. The van der Waals surface area contributed by atoms with E-state index in [0.717, 1.165) is 0 Å². The molecular weight excluding hydrogens is 453 g/mol. The van der Waals surface area contributed by atoms with Gasteiger partial charge in [0.15, 0.2) is 5.16 Å². The van der Waals surface area contributed by atoms with Gasteiger partial charge in [0.2, 0.25) is 5.91 Å². The van der Waals surface area contributed by atoms with Crippen LogP contribution in [0.4, 0.5) is 4.39 Å². The number of hydrogen-bond acceptors (Lipinski definition) is 5. The van der Waals surface area contributed by atoms with Crippen LogP contribution in [0.3, 0.4) is 0 Å². The lowest BCUT2D eigenvalue weighted by Gasteiger charge is -2.18. The summed E-state index contributed by atoms with van der Waals surface area (Å²) in [6.07, 6.45) is 0.642. The van der Waals surface area contributed by atoms with Crippen LogP contribution in [0, 0.1) is 5.82 Å². The average molecular weight is 478 g/mol. The van der Waals surface area contributed by atoms with Crippen molar-refractivity contribution in [1.82, 2.24) is 14.5 Å². The van der Waals surface area contributed by atoms with E-state index in [4.69, 9.17) is 16.3 Å². The van der Waals surface area contributed by atoms with Gasteiger partial charge in [0.05, 0.1) is 16.7 Å². The Morgan fingerprint density at radius 2 is 2.06 bits per heavy atom. The third-order valence-corrected chi connectivity index (χ3v) is 6.07. The van der Waals surface area contributed by atoms with Crippen molar-refractivity contribution in [2.45, 2.75) is 31.6 Å². The van der Waals surface area contributed by atoms with Gasteiger partial charge in [-0.1, -0.05) is 41.6 Å². The molecule has 1 heterocycles. The molecular formula is C23H25ClFN3O3S. The summed E-state index contributed by atoms with van der Waals surface area (Å²) >= 11 is 7.26. The minimum absolute atomic E-state index is 0.0644. The maximum absolute atomic E-state index is 13.9. The van der Waals surface area contributed by atoms with Crippen LogP contribution in [0.2, 0.25) is 5.02 Å². The Balaban J connectivity index is 1.78. The summed E-state index contributed by atoms with van der Waals surface area (Å²) in [5.74, 6) is -0.481. The van der Waals surface area contributed by atoms with Gasteiger partial charge < -0.3 is 9.64 Å². The van der Waals surface area contributed by atoms with Crippen molar-refractivity contribution < 1.29 is 13.9 Å². The summed E-state index contributed by atoms with van der Waals surface area (Å²) in [7, 11) is 1.62. The van der Waals surface area contributed by atoms with E-state index in [0.29, 0.717) is 52.8 Å². The van der Waals surface area contributed by atoms with E-state index in [1.165, 1.54) is 22.7 Å². The maximum Gasteiger partial charge on any atom is 0.262 e. The molecule has 3 aromatic rings. The van der Waals surface area contributed by atoms with Gasteiger partial charge in [-0.05, 0) is 37.6 Å². The summed E-state index contributed by atoms with van der Waals surface area (Å²) in [5, 5.41) is 1.39. The molecule has 0 fully saturated rings. The zero-order valence-electron chi connectivity index (χ0n) is 18.0. The van der Waals surface area contributed by atoms with Crippen LogP contribution in [0.15, 0.2) is 52.4 Å². The third kappa shape index (κ3) is 6.09. The highest BCUT2D eigenvalue weighted by Crippen LogP contribution is 2.21. The minimum Gasteiger partial charge on any atom is -0.382 e. The van der Waals surface area contributed by atoms with Crippen LogP contribution in [0.25, 0.3) is 10.9 Å². The second-order valence-corrected chi connectivity index (χ2v) is 8.57. The van der Waals surface area contributed by atoms with Crippen LogP contribution in [-0.4, -0.2) is 46.4 Å². The van der Waals surface area contributed by atoms with Crippen LogP contribution in [0.1, 0.15) is 18.9 Å². The normalized spacial score (nSPS) is 11.1. The number of rotatable bonds is 10. The molecule has 0 radical (unpaired) electrons. The number of aromatic nitrogens is 2. The number of benzene rings is 2. The van der Waals surface area contributed by atoms with Crippen molar-refractivity contribution in [3.63, 3.8) is 0 Å². The molecule has 0 aliphatic heterocycles. The highest BCUT2D eigenvalue weighted by Gasteiger charge is 2.16. The van der Waals surface area contributed by atoms with Gasteiger partial charge in [-0.3, -0.25) is 14.2 Å². The van der Waals surface area contributed by atoms with Crippen LogP contribution in [-0.2, 0) is 22.6 Å². The standard InChI is InChI=1S/C23H25ClFN3O3S/c1-3-31-12-6-11-28-22(30)18-10-9-17(24)13-20(18)26-23(28)32-15-21(29)27(2)14-16-7-4-5-8-19(16)25/h4-5,7-10,13H,3,6,11-12,14-15H2,1-2H3. The van der Waals surface area contributed by atoms with Crippen molar-refractivity contribution in [2.24, 2.45) is 0 Å². The average Bonchev–Trinajstić information content (AvgIpc) is 2.77. The molecule has 6 nitrogen and oxygen atoms in total. The van der Waals surface area contributed by atoms with E-state index in [9.17, 15) is 14.0 Å².